The average molecular weight is 446 g/mol. The van der Waals surface area contributed by atoms with E-state index >= 15 is 0 Å². The number of aromatic nitrogens is 1. The molecule has 2 aromatic carbocycles. The second kappa shape index (κ2) is 9.86. The quantitative estimate of drug-likeness (QED) is 0.334. The number of hydrazone groups is 1. The van der Waals surface area contributed by atoms with Gasteiger partial charge in [0.2, 0.25) is 5.91 Å². The van der Waals surface area contributed by atoms with E-state index in [2.05, 4.69) is 48.0 Å². The van der Waals surface area contributed by atoms with E-state index in [0.717, 1.165) is 28.2 Å². The molecule has 3 aromatic rings. The summed E-state index contributed by atoms with van der Waals surface area (Å²) in [7, 11) is 1.36. The Labute approximate surface area is 195 Å². The van der Waals surface area contributed by atoms with E-state index in [9.17, 15) is 9.59 Å². The molecule has 0 aliphatic carbocycles. The van der Waals surface area contributed by atoms with Gasteiger partial charge >= 0.3 is 5.97 Å². The number of methoxy groups -OCH3 is 1. The van der Waals surface area contributed by atoms with Crippen molar-refractivity contribution in [3.8, 4) is 5.69 Å². The number of hydrogen-bond acceptors (Lipinski definition) is 4. The number of nitrogens with one attached hydrogen (secondary N) is 1. The van der Waals surface area contributed by atoms with Crippen molar-refractivity contribution in [1.29, 1.82) is 0 Å². The number of hydrogen-bond donors (Lipinski definition) is 1. The van der Waals surface area contributed by atoms with Crippen molar-refractivity contribution in [2.45, 2.75) is 46.5 Å². The number of benzene rings is 2. The molecule has 0 atom stereocenters. The molecule has 0 fully saturated rings. The van der Waals surface area contributed by atoms with Gasteiger partial charge in [-0.3, -0.25) is 4.79 Å². The molecule has 0 bridgehead atoms. The SMILES string of the molecule is COC(=O)c1ccc(-n2c(C)cc(/C=N\NC(=O)Cc3ccc(C(C)(C)C)cc3)c2C)cc1. The number of aryl methyl sites for hydroxylation is 1. The Kier molecular flexibility index (Phi) is 7.16. The van der Waals surface area contributed by atoms with E-state index in [1.54, 1.807) is 18.3 Å². The van der Waals surface area contributed by atoms with Crippen LogP contribution in [0.2, 0.25) is 0 Å². The molecule has 0 radical (unpaired) electrons. The maximum atomic E-state index is 12.3. The van der Waals surface area contributed by atoms with Gasteiger partial charge in [0.05, 0.1) is 25.3 Å². The zero-order chi connectivity index (χ0) is 24.2. The molecule has 1 N–H and O–H groups in total. The maximum absolute atomic E-state index is 12.3. The number of ether oxygens (including phenoxy) is 1. The van der Waals surface area contributed by atoms with Crippen molar-refractivity contribution >= 4 is 18.1 Å². The number of carbonyl (C=O) groups excluding carboxylic acids is 2. The lowest BCUT2D eigenvalue weighted by molar-refractivity contribution is -0.120. The maximum Gasteiger partial charge on any atom is 0.337 e. The average Bonchev–Trinajstić information content (AvgIpc) is 3.06. The van der Waals surface area contributed by atoms with Gasteiger partial charge in [0, 0.05) is 22.6 Å². The van der Waals surface area contributed by atoms with Crippen LogP contribution in [0.1, 0.15) is 59.2 Å². The molecule has 1 heterocycles. The Morgan fingerprint density at radius 1 is 1.03 bits per heavy atom. The summed E-state index contributed by atoms with van der Waals surface area (Å²) in [6.07, 6.45) is 1.93. The van der Waals surface area contributed by atoms with E-state index in [4.69, 9.17) is 4.74 Å². The summed E-state index contributed by atoms with van der Waals surface area (Å²) in [6.45, 7) is 10.5. The minimum absolute atomic E-state index is 0.0842. The molecular formula is C27H31N3O3. The predicted octanol–water partition coefficient (Wildman–Crippen LogP) is 4.87. The fourth-order valence-corrected chi connectivity index (χ4v) is 3.70. The lowest BCUT2D eigenvalue weighted by Crippen LogP contribution is -2.20. The van der Waals surface area contributed by atoms with Crippen molar-refractivity contribution in [3.63, 3.8) is 0 Å². The van der Waals surface area contributed by atoms with E-state index in [-0.39, 0.29) is 23.7 Å². The monoisotopic (exact) mass is 445 g/mol. The number of carbonyl (C=O) groups is 2. The molecule has 6 heteroatoms. The Bertz CT molecular complexity index is 1170. The molecule has 33 heavy (non-hydrogen) atoms. The van der Waals surface area contributed by atoms with Gasteiger partial charge in [-0.2, -0.15) is 5.10 Å². The summed E-state index contributed by atoms with van der Waals surface area (Å²) in [5.41, 5.74) is 9.22. The topological polar surface area (TPSA) is 72.7 Å². The highest BCUT2D eigenvalue weighted by molar-refractivity contribution is 5.89. The lowest BCUT2D eigenvalue weighted by Gasteiger charge is -2.19. The molecule has 6 nitrogen and oxygen atoms in total. The van der Waals surface area contributed by atoms with Gasteiger partial charge in [-0.05, 0) is 60.7 Å². The van der Waals surface area contributed by atoms with Gasteiger partial charge in [0.1, 0.15) is 0 Å². The highest BCUT2D eigenvalue weighted by Crippen LogP contribution is 2.22. The van der Waals surface area contributed by atoms with E-state index < -0.39 is 0 Å². The van der Waals surface area contributed by atoms with Crippen molar-refractivity contribution in [2.24, 2.45) is 5.10 Å². The third-order valence-electron chi connectivity index (χ3n) is 5.59. The zero-order valence-electron chi connectivity index (χ0n) is 20.1. The molecule has 0 saturated heterocycles. The Hall–Kier alpha value is -3.67. The molecule has 0 spiro atoms. The summed E-state index contributed by atoms with van der Waals surface area (Å²) in [5.74, 6) is -0.529. The number of amides is 1. The van der Waals surface area contributed by atoms with Crippen molar-refractivity contribution < 1.29 is 14.3 Å². The first-order valence-corrected chi connectivity index (χ1v) is 10.9. The van der Waals surface area contributed by atoms with Gasteiger partial charge < -0.3 is 9.30 Å². The third-order valence-corrected chi connectivity index (χ3v) is 5.59. The minimum Gasteiger partial charge on any atom is -0.465 e. The van der Waals surface area contributed by atoms with Crippen LogP contribution in [0.25, 0.3) is 5.69 Å². The van der Waals surface area contributed by atoms with Crippen LogP contribution in [-0.4, -0.2) is 29.8 Å². The standard InChI is InChI=1S/C27H31N3O3/c1-18-15-22(19(2)30(18)24-13-9-21(10-14-24)26(32)33-6)17-28-29-25(31)16-20-7-11-23(12-8-20)27(3,4)5/h7-15,17H,16H2,1-6H3,(H,29,31)/b28-17-. The van der Waals surface area contributed by atoms with Crippen LogP contribution in [0.5, 0.6) is 0 Å². The van der Waals surface area contributed by atoms with Crippen LogP contribution >= 0.6 is 0 Å². The smallest absolute Gasteiger partial charge is 0.337 e. The second-order valence-electron chi connectivity index (χ2n) is 9.12. The summed E-state index contributed by atoms with van der Waals surface area (Å²) in [5, 5.41) is 4.15. The molecule has 0 unspecified atom stereocenters. The molecule has 1 aromatic heterocycles. The lowest BCUT2D eigenvalue weighted by atomic mass is 9.86. The van der Waals surface area contributed by atoms with Crippen LogP contribution in [0, 0.1) is 13.8 Å². The highest BCUT2D eigenvalue weighted by atomic mass is 16.5. The molecule has 0 saturated carbocycles. The number of rotatable bonds is 6. The summed E-state index contributed by atoms with van der Waals surface area (Å²) in [4.78, 5) is 24.0. The molecule has 172 valence electrons. The molecular weight excluding hydrogens is 414 g/mol. The van der Waals surface area contributed by atoms with Crippen LogP contribution in [0.3, 0.4) is 0 Å². The Balaban J connectivity index is 1.66. The van der Waals surface area contributed by atoms with Gasteiger partial charge in [-0.1, -0.05) is 45.0 Å². The van der Waals surface area contributed by atoms with E-state index in [1.165, 1.54) is 12.7 Å². The fraction of sp³-hybridized carbons (Fsp3) is 0.296. The molecule has 0 aliphatic heterocycles. The van der Waals surface area contributed by atoms with Crippen LogP contribution in [-0.2, 0) is 21.4 Å². The molecule has 1 amide bonds. The van der Waals surface area contributed by atoms with Gasteiger partial charge in [-0.15, -0.1) is 0 Å². The number of nitrogens with zero attached hydrogens (tertiary/aromatic N) is 2. The molecule has 0 aliphatic rings. The van der Waals surface area contributed by atoms with Crippen LogP contribution in [0.15, 0.2) is 59.7 Å². The Morgan fingerprint density at radius 2 is 1.67 bits per heavy atom. The summed E-state index contributed by atoms with van der Waals surface area (Å²) >= 11 is 0. The van der Waals surface area contributed by atoms with Gasteiger partial charge in [0.25, 0.3) is 0 Å². The van der Waals surface area contributed by atoms with E-state index in [1.807, 2.05) is 44.2 Å². The van der Waals surface area contributed by atoms with Crippen molar-refractivity contribution in [1.82, 2.24) is 9.99 Å². The van der Waals surface area contributed by atoms with Crippen molar-refractivity contribution in [2.75, 3.05) is 7.11 Å². The third kappa shape index (κ3) is 5.77. The largest absolute Gasteiger partial charge is 0.465 e. The first-order valence-electron chi connectivity index (χ1n) is 10.9. The van der Waals surface area contributed by atoms with Crippen LogP contribution in [0.4, 0.5) is 0 Å². The zero-order valence-corrected chi connectivity index (χ0v) is 20.1. The predicted molar refractivity (Wildman–Crippen MR) is 131 cm³/mol. The fourth-order valence-electron chi connectivity index (χ4n) is 3.70. The van der Waals surface area contributed by atoms with Gasteiger partial charge in [-0.25, -0.2) is 10.2 Å². The summed E-state index contributed by atoms with van der Waals surface area (Å²) in [6, 6.07) is 17.3. The second-order valence-corrected chi connectivity index (χ2v) is 9.12. The number of esters is 1. The minimum atomic E-state index is -0.365. The van der Waals surface area contributed by atoms with Crippen molar-refractivity contribution in [3.05, 3.63) is 88.2 Å². The Morgan fingerprint density at radius 3 is 2.24 bits per heavy atom. The summed E-state index contributed by atoms with van der Waals surface area (Å²) < 4.78 is 6.83. The molecule has 3 rings (SSSR count). The first-order chi connectivity index (χ1) is 15.6. The normalized spacial score (nSPS) is 11.6. The highest BCUT2D eigenvalue weighted by Gasteiger charge is 2.14. The van der Waals surface area contributed by atoms with Crippen LogP contribution < -0.4 is 5.43 Å². The van der Waals surface area contributed by atoms with Gasteiger partial charge in [0.15, 0.2) is 0 Å². The van der Waals surface area contributed by atoms with E-state index in [0.29, 0.717) is 5.56 Å². The first kappa shape index (κ1) is 24.0.